The van der Waals surface area contributed by atoms with Crippen LogP contribution in [0.1, 0.15) is 23.6 Å². The third-order valence-electron chi connectivity index (χ3n) is 2.47. The van der Waals surface area contributed by atoms with E-state index in [1.54, 1.807) is 0 Å². The van der Waals surface area contributed by atoms with Crippen molar-refractivity contribution >= 4 is 11.8 Å². The van der Waals surface area contributed by atoms with Gasteiger partial charge in [0.05, 0.1) is 0 Å². The molecule has 0 fully saturated rings. The van der Waals surface area contributed by atoms with Gasteiger partial charge in [-0.25, -0.2) is 0 Å². The fourth-order valence-electron chi connectivity index (χ4n) is 1.36. The van der Waals surface area contributed by atoms with E-state index in [0.29, 0.717) is 5.25 Å². The zero-order valence-corrected chi connectivity index (χ0v) is 10.0. The molecule has 0 N–H and O–H groups in total. The Morgan fingerprint density at radius 3 is 2.43 bits per heavy atom. The van der Waals surface area contributed by atoms with Gasteiger partial charge in [0.15, 0.2) is 0 Å². The number of hydrogen-bond acceptors (Lipinski definition) is 1. The zero-order valence-electron chi connectivity index (χ0n) is 9.21. The molecular weight excluding hydrogens is 188 g/mol. The lowest BCUT2D eigenvalue weighted by Crippen LogP contribution is -1.95. The van der Waals surface area contributed by atoms with E-state index < -0.39 is 0 Å². The summed E-state index contributed by atoms with van der Waals surface area (Å²) in [5, 5.41) is 0.536. The summed E-state index contributed by atoms with van der Waals surface area (Å²) in [6, 6.07) is 6.48. The Kier molecular flexibility index (Phi) is 4.27. The monoisotopic (exact) mass is 206 g/mol. The summed E-state index contributed by atoms with van der Waals surface area (Å²) in [6.07, 6.45) is 2.00. The average Bonchev–Trinajstić information content (AvgIpc) is 2.16. The van der Waals surface area contributed by atoms with E-state index in [1.807, 2.05) is 17.8 Å². The summed E-state index contributed by atoms with van der Waals surface area (Å²) in [5.74, 6) is 1.09. The van der Waals surface area contributed by atoms with Gasteiger partial charge in [0.2, 0.25) is 0 Å². The highest BCUT2D eigenvalue weighted by molar-refractivity contribution is 7.99. The van der Waals surface area contributed by atoms with Crippen LogP contribution < -0.4 is 0 Å². The van der Waals surface area contributed by atoms with Crippen molar-refractivity contribution in [3.05, 3.63) is 47.5 Å². The smallest absolute Gasteiger partial charge is 0.0199 e. The molecule has 1 aromatic rings. The van der Waals surface area contributed by atoms with E-state index >= 15 is 0 Å². The number of thioether (sulfide) groups is 1. The van der Waals surface area contributed by atoms with Crippen LogP contribution in [0.15, 0.2) is 30.9 Å². The number of benzene rings is 1. The van der Waals surface area contributed by atoms with Gasteiger partial charge in [-0.1, -0.05) is 24.3 Å². The molecule has 1 unspecified atom stereocenters. The van der Waals surface area contributed by atoms with Gasteiger partial charge in [0.25, 0.3) is 0 Å². The lowest BCUT2D eigenvalue weighted by molar-refractivity contribution is 1.20. The van der Waals surface area contributed by atoms with E-state index in [4.69, 9.17) is 0 Å². The first-order valence-electron chi connectivity index (χ1n) is 4.94. The van der Waals surface area contributed by atoms with Crippen molar-refractivity contribution in [3.63, 3.8) is 0 Å². The minimum absolute atomic E-state index is 0.536. The molecule has 14 heavy (non-hydrogen) atoms. The number of hydrogen-bond donors (Lipinski definition) is 0. The highest BCUT2D eigenvalue weighted by Gasteiger charge is 2.03. The predicted octanol–water partition coefficient (Wildman–Crippen LogP) is 4.11. The molecule has 0 aliphatic rings. The molecule has 1 rings (SSSR count). The molecule has 0 saturated heterocycles. The van der Waals surface area contributed by atoms with Crippen molar-refractivity contribution in [1.82, 2.24) is 0 Å². The Bertz CT molecular complexity index is 295. The molecule has 0 spiro atoms. The Morgan fingerprint density at radius 2 is 1.93 bits per heavy atom. The second-order valence-electron chi connectivity index (χ2n) is 3.62. The summed E-state index contributed by atoms with van der Waals surface area (Å²) in [7, 11) is 0. The van der Waals surface area contributed by atoms with Gasteiger partial charge in [-0.15, -0.1) is 18.3 Å². The minimum atomic E-state index is 0.536. The van der Waals surface area contributed by atoms with Gasteiger partial charge < -0.3 is 0 Å². The summed E-state index contributed by atoms with van der Waals surface area (Å²) in [6.45, 7) is 10.3. The molecule has 0 nitrogen and oxygen atoms in total. The summed E-state index contributed by atoms with van der Waals surface area (Å²) in [5.41, 5.74) is 4.27. The summed E-state index contributed by atoms with van der Waals surface area (Å²) < 4.78 is 0. The van der Waals surface area contributed by atoms with Gasteiger partial charge in [-0.3, -0.25) is 0 Å². The molecule has 0 radical (unpaired) electrons. The molecule has 76 valence electrons. The van der Waals surface area contributed by atoms with E-state index in [-0.39, 0.29) is 0 Å². The van der Waals surface area contributed by atoms with Crippen LogP contribution in [0.25, 0.3) is 0 Å². The van der Waals surface area contributed by atoms with Gasteiger partial charge >= 0.3 is 0 Å². The standard InChI is InChI=1S/C13H18S/c1-5-12(4)14-9-13-10(2)7-6-8-11(13)3/h5-8,12H,1,9H2,2-4H3. The van der Waals surface area contributed by atoms with Gasteiger partial charge in [-0.2, -0.15) is 0 Å². The molecule has 1 aromatic carbocycles. The van der Waals surface area contributed by atoms with Crippen LogP contribution in [-0.2, 0) is 5.75 Å². The summed E-state index contributed by atoms with van der Waals surface area (Å²) in [4.78, 5) is 0. The first kappa shape index (κ1) is 11.4. The van der Waals surface area contributed by atoms with E-state index in [9.17, 15) is 0 Å². The van der Waals surface area contributed by atoms with Crippen molar-refractivity contribution in [2.24, 2.45) is 0 Å². The molecular formula is C13H18S. The zero-order chi connectivity index (χ0) is 10.6. The maximum atomic E-state index is 3.80. The van der Waals surface area contributed by atoms with E-state index in [2.05, 4.69) is 45.5 Å². The normalized spacial score (nSPS) is 12.5. The van der Waals surface area contributed by atoms with Crippen LogP contribution in [0.4, 0.5) is 0 Å². The third-order valence-corrected chi connectivity index (χ3v) is 3.64. The Labute approximate surface area is 91.4 Å². The molecule has 0 heterocycles. The van der Waals surface area contributed by atoms with E-state index in [1.165, 1.54) is 16.7 Å². The first-order chi connectivity index (χ1) is 6.65. The molecule has 1 heteroatoms. The van der Waals surface area contributed by atoms with Crippen molar-refractivity contribution in [3.8, 4) is 0 Å². The minimum Gasteiger partial charge on any atom is -0.150 e. The molecule has 1 atom stereocenters. The fraction of sp³-hybridized carbons (Fsp3) is 0.385. The third kappa shape index (κ3) is 2.91. The quantitative estimate of drug-likeness (QED) is 0.668. The molecule has 0 amide bonds. The Balaban J connectivity index is 2.71. The average molecular weight is 206 g/mol. The van der Waals surface area contributed by atoms with Crippen LogP contribution in [0.5, 0.6) is 0 Å². The molecule has 0 bridgehead atoms. The van der Waals surface area contributed by atoms with Gasteiger partial charge in [0.1, 0.15) is 0 Å². The fourth-order valence-corrected chi connectivity index (χ4v) is 2.38. The summed E-state index contributed by atoms with van der Waals surface area (Å²) >= 11 is 1.94. The predicted molar refractivity (Wildman–Crippen MR) is 66.9 cm³/mol. The molecule has 0 aliphatic carbocycles. The van der Waals surface area contributed by atoms with Crippen molar-refractivity contribution < 1.29 is 0 Å². The SMILES string of the molecule is C=CC(C)SCc1c(C)cccc1C. The van der Waals surface area contributed by atoms with Crippen LogP contribution in [0.3, 0.4) is 0 Å². The molecule has 0 aliphatic heterocycles. The molecule has 0 aromatic heterocycles. The lowest BCUT2D eigenvalue weighted by atomic mass is 10.1. The lowest BCUT2D eigenvalue weighted by Gasteiger charge is -2.11. The maximum absolute atomic E-state index is 3.80. The van der Waals surface area contributed by atoms with Gasteiger partial charge in [-0.05, 0) is 37.5 Å². The van der Waals surface area contributed by atoms with E-state index in [0.717, 1.165) is 5.75 Å². The van der Waals surface area contributed by atoms with Crippen LogP contribution in [0, 0.1) is 13.8 Å². The van der Waals surface area contributed by atoms with Crippen LogP contribution >= 0.6 is 11.8 Å². The maximum Gasteiger partial charge on any atom is 0.0199 e. The first-order valence-corrected chi connectivity index (χ1v) is 5.99. The highest BCUT2D eigenvalue weighted by Crippen LogP contribution is 2.23. The topological polar surface area (TPSA) is 0 Å². The number of rotatable bonds is 4. The molecule has 0 saturated carbocycles. The Hall–Kier alpha value is -0.690. The number of aryl methyl sites for hydroxylation is 2. The largest absolute Gasteiger partial charge is 0.150 e. The highest BCUT2D eigenvalue weighted by atomic mass is 32.2. The van der Waals surface area contributed by atoms with Gasteiger partial charge in [0, 0.05) is 11.0 Å². The van der Waals surface area contributed by atoms with Crippen LogP contribution in [-0.4, -0.2) is 5.25 Å². The Morgan fingerprint density at radius 1 is 1.36 bits per heavy atom. The van der Waals surface area contributed by atoms with Crippen molar-refractivity contribution in [2.75, 3.05) is 0 Å². The second kappa shape index (κ2) is 5.26. The second-order valence-corrected chi connectivity index (χ2v) is 4.99. The van der Waals surface area contributed by atoms with Crippen LogP contribution in [0.2, 0.25) is 0 Å². The van der Waals surface area contributed by atoms with Crippen molar-refractivity contribution in [1.29, 1.82) is 0 Å². The van der Waals surface area contributed by atoms with Crippen molar-refractivity contribution in [2.45, 2.75) is 31.8 Å².